The summed E-state index contributed by atoms with van der Waals surface area (Å²) >= 11 is 1.56. The first-order valence-corrected chi connectivity index (χ1v) is 25.3. The van der Waals surface area contributed by atoms with Crippen molar-refractivity contribution in [1.82, 2.24) is 35.8 Å². The maximum Gasteiger partial charge on any atom is 0.246 e. The maximum absolute atomic E-state index is 15.3. The van der Waals surface area contributed by atoms with Gasteiger partial charge >= 0.3 is 0 Å². The predicted molar refractivity (Wildman–Crippen MR) is 279 cm³/mol. The fourth-order valence-electron chi connectivity index (χ4n) is 8.09. The second kappa shape index (κ2) is 27.0. The SMILES string of the molecule is Cc1ncsc1-c1ccc(CNC(=O)[C@@H]2C[C@@H](O)CN2C(=O)[C@@H](NC(=O)CCOCCOCCOCCOCCC(=O)NCCC(=O)Nc2cc3cc(-c4cncc(N)c4C)c(F)c(N)c3cn2)C(C)(C)C)cc1. The van der Waals surface area contributed by atoms with Crippen LogP contribution in [0.1, 0.15) is 63.3 Å². The lowest BCUT2D eigenvalue weighted by Gasteiger charge is -2.35. The molecule has 22 heteroatoms. The second-order valence-corrected chi connectivity index (χ2v) is 19.7. The van der Waals surface area contributed by atoms with E-state index in [1.165, 1.54) is 23.5 Å². The number of nitrogen functional groups attached to an aromatic ring is 2. The van der Waals surface area contributed by atoms with Gasteiger partial charge in [0.2, 0.25) is 29.5 Å². The van der Waals surface area contributed by atoms with Gasteiger partial charge in [-0.25, -0.2) is 14.4 Å². The number of nitrogens with zero attached hydrogens (tertiary/aromatic N) is 4. The molecule has 3 atom stereocenters. The number of aliphatic hydroxyl groups excluding tert-OH is 1. The fourth-order valence-corrected chi connectivity index (χ4v) is 8.90. The minimum Gasteiger partial charge on any atom is -0.397 e. The van der Waals surface area contributed by atoms with Crippen molar-refractivity contribution in [1.29, 1.82) is 0 Å². The molecule has 5 aromatic rings. The van der Waals surface area contributed by atoms with E-state index in [4.69, 9.17) is 30.4 Å². The third-order valence-electron chi connectivity index (χ3n) is 12.3. The molecule has 398 valence electrons. The first-order chi connectivity index (χ1) is 35.4. The summed E-state index contributed by atoms with van der Waals surface area (Å²) in [6.45, 7) is 11.4. The van der Waals surface area contributed by atoms with Gasteiger partial charge in [-0.05, 0) is 53.5 Å². The van der Waals surface area contributed by atoms with Crippen LogP contribution in [0.5, 0.6) is 0 Å². The van der Waals surface area contributed by atoms with Crippen molar-refractivity contribution in [2.24, 2.45) is 5.41 Å². The summed E-state index contributed by atoms with van der Waals surface area (Å²) in [5.41, 5.74) is 17.8. The Morgan fingerprint density at radius 1 is 0.824 bits per heavy atom. The molecule has 0 radical (unpaired) electrons. The summed E-state index contributed by atoms with van der Waals surface area (Å²) < 4.78 is 37.4. The molecule has 9 N–H and O–H groups in total. The molecule has 3 aromatic heterocycles. The van der Waals surface area contributed by atoms with Gasteiger partial charge in [-0.3, -0.25) is 29.0 Å². The Labute approximate surface area is 433 Å². The van der Waals surface area contributed by atoms with Crippen LogP contribution in [0.3, 0.4) is 0 Å². The van der Waals surface area contributed by atoms with Crippen molar-refractivity contribution in [3.63, 3.8) is 0 Å². The zero-order valence-electron chi connectivity index (χ0n) is 42.5. The van der Waals surface area contributed by atoms with E-state index in [2.05, 4.69) is 36.2 Å². The number of ether oxygens (including phenoxy) is 4. The molecule has 1 aliphatic heterocycles. The number of benzene rings is 2. The van der Waals surface area contributed by atoms with Gasteiger partial charge in [-0.2, -0.15) is 0 Å². The Morgan fingerprint density at radius 2 is 1.47 bits per heavy atom. The first-order valence-electron chi connectivity index (χ1n) is 24.4. The monoisotopic (exact) mass is 1040 g/mol. The summed E-state index contributed by atoms with van der Waals surface area (Å²) in [4.78, 5) is 80.3. The predicted octanol–water partition coefficient (Wildman–Crippen LogP) is 4.44. The van der Waals surface area contributed by atoms with E-state index in [0.29, 0.717) is 40.8 Å². The molecule has 2 aromatic carbocycles. The van der Waals surface area contributed by atoms with E-state index in [0.717, 1.165) is 21.7 Å². The Balaban J connectivity index is 0.775. The van der Waals surface area contributed by atoms with Gasteiger partial charge in [0.1, 0.15) is 17.9 Å². The number of aryl methyl sites for hydroxylation is 1. The minimum absolute atomic E-state index is 0.00432. The molecule has 74 heavy (non-hydrogen) atoms. The first kappa shape index (κ1) is 56.6. The molecular formula is C52H67FN10O10S. The lowest BCUT2D eigenvalue weighted by atomic mass is 9.85. The number of aliphatic hydroxyl groups is 1. The number of carbonyl (C=O) groups excluding carboxylic acids is 5. The van der Waals surface area contributed by atoms with Gasteiger partial charge in [0, 0.05) is 74.2 Å². The van der Waals surface area contributed by atoms with Crippen LogP contribution in [-0.2, 0) is 49.5 Å². The van der Waals surface area contributed by atoms with Crippen LogP contribution in [0.2, 0.25) is 0 Å². The third-order valence-corrected chi connectivity index (χ3v) is 13.2. The van der Waals surface area contributed by atoms with Crippen LogP contribution in [0, 0.1) is 25.1 Å². The number of likely N-dealkylation sites (tertiary alicyclic amines) is 1. The topological polar surface area (TPSA) is 285 Å². The molecule has 1 fully saturated rings. The zero-order valence-corrected chi connectivity index (χ0v) is 43.3. The van der Waals surface area contributed by atoms with E-state index < -0.39 is 41.2 Å². The smallest absolute Gasteiger partial charge is 0.246 e. The molecule has 6 rings (SSSR count). The highest BCUT2D eigenvalue weighted by Crippen LogP contribution is 2.36. The summed E-state index contributed by atoms with van der Waals surface area (Å²) in [6, 6.07) is 9.18. The van der Waals surface area contributed by atoms with Crippen molar-refractivity contribution in [2.45, 2.75) is 85.0 Å². The fraction of sp³-hybridized carbons (Fsp3) is 0.462. The number of fused-ring (bicyclic) bond motifs is 1. The summed E-state index contributed by atoms with van der Waals surface area (Å²) in [5, 5.41) is 22.6. The number of nitrogens with one attached hydrogen (secondary N) is 4. The molecular weight excluding hydrogens is 976 g/mol. The number of hydrogen-bond donors (Lipinski definition) is 7. The average molecular weight is 1040 g/mol. The molecule has 1 saturated heterocycles. The van der Waals surface area contributed by atoms with E-state index in [1.807, 2.05) is 52.0 Å². The van der Waals surface area contributed by atoms with E-state index >= 15 is 4.39 Å². The molecule has 0 spiro atoms. The molecule has 5 amide bonds. The van der Waals surface area contributed by atoms with Gasteiger partial charge in [-0.15, -0.1) is 11.3 Å². The van der Waals surface area contributed by atoms with Crippen LogP contribution in [-0.4, -0.2) is 139 Å². The number of hydrogen-bond acceptors (Lipinski definition) is 16. The van der Waals surface area contributed by atoms with Crippen LogP contribution in [0.15, 0.2) is 60.5 Å². The molecule has 1 aliphatic rings. The highest BCUT2D eigenvalue weighted by atomic mass is 32.1. The maximum atomic E-state index is 15.3. The number of halogens is 1. The van der Waals surface area contributed by atoms with Crippen molar-refractivity contribution < 1.29 is 52.4 Å². The quantitative estimate of drug-likeness (QED) is 0.0298. The molecule has 0 aliphatic carbocycles. The number of carbonyl (C=O) groups is 5. The van der Waals surface area contributed by atoms with Crippen LogP contribution >= 0.6 is 11.3 Å². The van der Waals surface area contributed by atoms with E-state index in [9.17, 15) is 29.1 Å². The van der Waals surface area contributed by atoms with Gasteiger partial charge in [0.25, 0.3) is 0 Å². The van der Waals surface area contributed by atoms with E-state index in [-0.39, 0.29) is 120 Å². The Bertz CT molecular complexity index is 2740. The molecule has 4 heterocycles. The van der Waals surface area contributed by atoms with Gasteiger partial charge in [0.15, 0.2) is 5.82 Å². The standard InChI is InChI=1S/C52H67FN10O10S/c1-31-38(26-56-28-40(31)54)37-22-35-23-42(58-27-39(35)47(55)46(37)53)61-44(66)10-13-57-43(65)11-14-70-16-18-72-20-21-73-19-17-71-15-12-45(67)62-49(52(3,4)5)51(69)63-29-36(64)24-41(63)50(68)59-25-33-6-8-34(9-7-33)48-32(2)60-30-74-48/h6-9,22-23,26-28,30,36,41,49,64H,10-21,24-25,29,54-55H2,1-5H3,(H,57,65)(H,59,68)(H,62,67)(H,58,61,66)/t36-,41+,49-/m1/s1. The molecule has 20 nitrogen and oxygen atoms in total. The van der Waals surface area contributed by atoms with Crippen LogP contribution < -0.4 is 32.7 Å². The zero-order chi connectivity index (χ0) is 53.4. The normalized spacial score (nSPS) is 15.0. The third kappa shape index (κ3) is 15.9. The number of anilines is 3. The highest BCUT2D eigenvalue weighted by molar-refractivity contribution is 7.13. The van der Waals surface area contributed by atoms with Gasteiger partial charge < -0.3 is 61.7 Å². The van der Waals surface area contributed by atoms with Crippen molar-refractivity contribution in [3.05, 3.63) is 83.1 Å². The van der Waals surface area contributed by atoms with Crippen LogP contribution in [0.4, 0.5) is 21.6 Å². The number of thiazole rings is 1. The number of rotatable bonds is 26. The average Bonchev–Trinajstić information content (AvgIpc) is 3.99. The van der Waals surface area contributed by atoms with Gasteiger partial charge in [0.05, 0.1) is 92.6 Å². The Kier molecular flexibility index (Phi) is 20.7. The van der Waals surface area contributed by atoms with Gasteiger partial charge in [-0.1, -0.05) is 45.0 Å². The summed E-state index contributed by atoms with van der Waals surface area (Å²) in [7, 11) is 0. The minimum atomic E-state index is -0.953. The van der Waals surface area contributed by atoms with Crippen molar-refractivity contribution in [2.75, 3.05) is 82.7 Å². The lowest BCUT2D eigenvalue weighted by molar-refractivity contribution is -0.144. The summed E-state index contributed by atoms with van der Waals surface area (Å²) in [6.07, 6.45) is 3.67. The molecule has 0 saturated carbocycles. The largest absolute Gasteiger partial charge is 0.397 e. The van der Waals surface area contributed by atoms with Crippen molar-refractivity contribution >= 4 is 68.8 Å². The molecule has 0 bridgehead atoms. The number of aromatic nitrogens is 3. The lowest BCUT2D eigenvalue weighted by Crippen LogP contribution is -2.57. The number of pyridine rings is 2. The van der Waals surface area contributed by atoms with Crippen LogP contribution in [0.25, 0.3) is 32.3 Å². The second-order valence-electron chi connectivity index (χ2n) is 18.9. The number of nitrogens with two attached hydrogens (primary N) is 2. The number of β-amino-alcohol motifs (C(OH)–C–C–N with tert-alkyl or cyclic N) is 1. The number of amides is 5. The van der Waals surface area contributed by atoms with Crippen molar-refractivity contribution in [3.8, 4) is 21.6 Å². The van der Waals surface area contributed by atoms with E-state index in [1.54, 1.807) is 35.9 Å². The Hall–Kier alpha value is -6.69. The molecule has 0 unspecified atom stereocenters. The highest BCUT2D eigenvalue weighted by Gasteiger charge is 2.44. The Morgan fingerprint density at radius 3 is 2.11 bits per heavy atom. The summed E-state index contributed by atoms with van der Waals surface area (Å²) in [5.74, 6) is -2.27.